The molecule has 2 aromatic heterocycles. The van der Waals surface area contributed by atoms with Gasteiger partial charge in [-0.3, -0.25) is 5.32 Å². The van der Waals surface area contributed by atoms with Crippen LogP contribution in [0.1, 0.15) is 16.7 Å². The Kier molecular flexibility index (Phi) is 3.88. The molecule has 0 aliphatic heterocycles. The van der Waals surface area contributed by atoms with Crippen molar-refractivity contribution < 1.29 is 9.53 Å². The summed E-state index contributed by atoms with van der Waals surface area (Å²) in [4.78, 5) is 16.2. The zero-order chi connectivity index (χ0) is 17.3. The molecule has 120 valence electrons. The number of benzene rings is 1. The third kappa shape index (κ3) is 2.54. The maximum atomic E-state index is 11.6. The van der Waals surface area contributed by atoms with Crippen LogP contribution in [0.5, 0.6) is 0 Å². The lowest BCUT2D eigenvalue weighted by Crippen LogP contribution is -2.16. The Balaban J connectivity index is 2.21. The Morgan fingerprint density at radius 1 is 1.33 bits per heavy atom. The highest BCUT2D eigenvalue weighted by Crippen LogP contribution is 2.25. The zero-order valence-corrected chi connectivity index (χ0v) is 13.5. The minimum atomic E-state index is -0.679. The summed E-state index contributed by atoms with van der Waals surface area (Å²) in [5.74, 6) is 0.742. The Bertz CT molecular complexity index is 985. The number of carbonyl (C=O) groups excluding carboxylic acids is 1. The molecule has 0 aliphatic carbocycles. The summed E-state index contributed by atoms with van der Waals surface area (Å²) < 4.78 is 6.03. The van der Waals surface area contributed by atoms with Gasteiger partial charge in [-0.15, -0.1) is 0 Å². The molecule has 1 amide bonds. The molecule has 0 aliphatic rings. The molecule has 0 atom stereocenters. The molecule has 0 spiro atoms. The molecule has 1 N–H and O–H groups in total. The van der Waals surface area contributed by atoms with Gasteiger partial charge < -0.3 is 4.74 Å². The van der Waals surface area contributed by atoms with Crippen LogP contribution in [0.3, 0.4) is 0 Å². The van der Waals surface area contributed by atoms with Crippen LogP contribution < -0.4 is 5.32 Å². The van der Waals surface area contributed by atoms with E-state index in [4.69, 9.17) is 0 Å². The molecule has 0 saturated carbocycles. The summed E-state index contributed by atoms with van der Waals surface area (Å²) >= 11 is 0. The summed E-state index contributed by atoms with van der Waals surface area (Å²) in [5.41, 5.74) is 3.14. The van der Waals surface area contributed by atoms with Crippen molar-refractivity contribution in [3.63, 3.8) is 0 Å². The van der Waals surface area contributed by atoms with Crippen LogP contribution in [-0.4, -0.2) is 28.0 Å². The van der Waals surface area contributed by atoms with Crippen molar-refractivity contribution >= 4 is 22.8 Å². The molecular weight excluding hydrogens is 306 g/mol. The van der Waals surface area contributed by atoms with Gasteiger partial charge in [0.1, 0.15) is 11.6 Å². The fourth-order valence-electron chi connectivity index (χ4n) is 2.52. The molecule has 0 radical (unpaired) electrons. The third-order valence-electron chi connectivity index (χ3n) is 3.75. The van der Waals surface area contributed by atoms with E-state index in [1.165, 1.54) is 18.0 Å². The Labute approximate surface area is 138 Å². The number of hydrogen-bond donors (Lipinski definition) is 1. The van der Waals surface area contributed by atoms with Crippen molar-refractivity contribution in [2.75, 3.05) is 12.4 Å². The van der Waals surface area contributed by atoms with Gasteiger partial charge in [0.15, 0.2) is 11.6 Å². The van der Waals surface area contributed by atoms with E-state index in [1.54, 1.807) is 0 Å². The van der Waals surface area contributed by atoms with Crippen LogP contribution >= 0.6 is 0 Å². The molecular formula is C17H15N5O2. The quantitative estimate of drug-likeness (QED) is 0.783. The molecule has 0 unspecified atom stereocenters. The Morgan fingerprint density at radius 2 is 2.12 bits per heavy atom. The van der Waals surface area contributed by atoms with E-state index < -0.39 is 6.09 Å². The molecule has 7 nitrogen and oxygen atoms in total. The normalized spacial score (nSPS) is 10.4. The average Bonchev–Trinajstić information content (AvgIpc) is 2.98. The van der Waals surface area contributed by atoms with E-state index in [-0.39, 0.29) is 11.4 Å². The van der Waals surface area contributed by atoms with Crippen molar-refractivity contribution in [2.45, 2.75) is 13.8 Å². The van der Waals surface area contributed by atoms with Crippen LogP contribution in [0.15, 0.2) is 30.5 Å². The van der Waals surface area contributed by atoms with E-state index in [0.29, 0.717) is 5.82 Å². The van der Waals surface area contributed by atoms with Crippen molar-refractivity contribution in [3.05, 3.63) is 47.2 Å². The monoisotopic (exact) mass is 321 g/mol. The smallest absolute Gasteiger partial charge is 0.412 e. The van der Waals surface area contributed by atoms with E-state index in [9.17, 15) is 10.1 Å². The number of hydrogen-bond acceptors (Lipinski definition) is 5. The molecule has 24 heavy (non-hydrogen) atoms. The number of para-hydroxylation sites is 1. The number of methoxy groups -OCH3 is 1. The van der Waals surface area contributed by atoms with Gasteiger partial charge in [-0.2, -0.15) is 15.0 Å². The van der Waals surface area contributed by atoms with Gasteiger partial charge in [0.05, 0.1) is 18.8 Å². The van der Waals surface area contributed by atoms with Gasteiger partial charge in [0, 0.05) is 5.39 Å². The van der Waals surface area contributed by atoms with Crippen molar-refractivity contribution in [1.82, 2.24) is 14.8 Å². The second kappa shape index (κ2) is 6.01. The number of fused-ring (bicyclic) bond motifs is 1. The first kappa shape index (κ1) is 15.5. The number of aromatic nitrogens is 3. The topological polar surface area (TPSA) is 92.8 Å². The lowest BCUT2D eigenvalue weighted by Gasteiger charge is -2.11. The number of rotatable bonds is 2. The molecule has 3 aromatic rings. The average molecular weight is 321 g/mol. The van der Waals surface area contributed by atoms with Gasteiger partial charge in [0.2, 0.25) is 0 Å². The Morgan fingerprint density at radius 3 is 2.83 bits per heavy atom. The molecule has 2 heterocycles. The molecule has 0 saturated heterocycles. The fourth-order valence-corrected chi connectivity index (χ4v) is 2.52. The summed E-state index contributed by atoms with van der Waals surface area (Å²) in [6, 6.07) is 9.83. The summed E-state index contributed by atoms with van der Waals surface area (Å²) in [7, 11) is 1.25. The number of nitrogens with zero attached hydrogens (tertiary/aromatic N) is 4. The molecule has 0 fully saturated rings. The van der Waals surface area contributed by atoms with Crippen LogP contribution in [0, 0.1) is 25.2 Å². The SMILES string of the molecule is COC(=O)Nc1c(C#N)cnn1-c1cc(C)c2cccc(C)c2n1. The maximum absolute atomic E-state index is 11.6. The number of carbonyl (C=O) groups is 1. The molecule has 1 aromatic carbocycles. The highest BCUT2D eigenvalue weighted by Gasteiger charge is 2.17. The third-order valence-corrected chi connectivity index (χ3v) is 3.75. The second-order valence-electron chi connectivity index (χ2n) is 5.32. The van der Waals surface area contributed by atoms with Crippen molar-refractivity contribution in [3.8, 4) is 11.9 Å². The van der Waals surface area contributed by atoms with E-state index in [0.717, 1.165) is 22.0 Å². The predicted octanol–water partition coefficient (Wildman–Crippen LogP) is 3.09. The zero-order valence-electron chi connectivity index (χ0n) is 13.5. The van der Waals surface area contributed by atoms with Crippen LogP contribution in [-0.2, 0) is 4.74 Å². The van der Waals surface area contributed by atoms with Gasteiger partial charge >= 0.3 is 6.09 Å². The van der Waals surface area contributed by atoms with Crippen LogP contribution in [0.2, 0.25) is 0 Å². The molecule has 3 rings (SSSR count). The van der Waals surface area contributed by atoms with E-state index >= 15 is 0 Å². The minimum Gasteiger partial charge on any atom is -0.453 e. The number of pyridine rings is 1. The summed E-state index contributed by atoms with van der Waals surface area (Å²) in [6.07, 6.45) is 0.701. The first-order valence-corrected chi connectivity index (χ1v) is 7.25. The number of ether oxygens (including phenoxy) is 1. The van der Waals surface area contributed by atoms with Crippen LogP contribution in [0.4, 0.5) is 10.6 Å². The lowest BCUT2D eigenvalue weighted by atomic mass is 10.1. The highest BCUT2D eigenvalue weighted by molar-refractivity contribution is 5.87. The number of nitrogens with one attached hydrogen (secondary N) is 1. The first-order chi connectivity index (χ1) is 11.5. The second-order valence-corrected chi connectivity index (χ2v) is 5.32. The van der Waals surface area contributed by atoms with Crippen LogP contribution in [0.25, 0.3) is 16.7 Å². The highest BCUT2D eigenvalue weighted by atomic mass is 16.5. The fraction of sp³-hybridized carbons (Fsp3) is 0.176. The number of amides is 1. The standard InChI is InChI=1S/C17H15N5O2/c1-10-5-4-6-13-11(2)7-14(20-15(10)13)22-16(21-17(23)24-3)12(8-18)9-19-22/h4-7,9H,1-3H3,(H,21,23). The summed E-state index contributed by atoms with van der Waals surface area (Å²) in [5, 5.41) is 17.0. The predicted molar refractivity (Wildman–Crippen MR) is 89.1 cm³/mol. The number of anilines is 1. The summed E-state index contributed by atoms with van der Waals surface area (Å²) in [6.45, 7) is 3.96. The maximum Gasteiger partial charge on any atom is 0.412 e. The van der Waals surface area contributed by atoms with Crippen molar-refractivity contribution in [2.24, 2.45) is 0 Å². The van der Waals surface area contributed by atoms with Gasteiger partial charge in [-0.1, -0.05) is 18.2 Å². The minimum absolute atomic E-state index is 0.226. The van der Waals surface area contributed by atoms with Gasteiger partial charge in [0.25, 0.3) is 0 Å². The first-order valence-electron chi connectivity index (χ1n) is 7.25. The van der Waals surface area contributed by atoms with E-state index in [1.807, 2.05) is 44.2 Å². The van der Waals surface area contributed by atoms with Gasteiger partial charge in [-0.05, 0) is 31.0 Å². The molecule has 7 heteroatoms. The Hall–Kier alpha value is -3.40. The lowest BCUT2D eigenvalue weighted by molar-refractivity contribution is 0.186. The van der Waals surface area contributed by atoms with E-state index in [2.05, 4.69) is 20.1 Å². The number of aryl methyl sites for hydroxylation is 2. The van der Waals surface area contributed by atoms with Crippen molar-refractivity contribution in [1.29, 1.82) is 5.26 Å². The van der Waals surface area contributed by atoms with Gasteiger partial charge in [-0.25, -0.2) is 9.78 Å². The molecule has 0 bridgehead atoms. The number of nitriles is 1. The largest absolute Gasteiger partial charge is 0.453 e.